The SMILES string of the molecule is COc1ccc(/C=C/C(=O)/C=C/c2ccc(N=[N+]=[N-])cc2)cc1. The fourth-order valence-corrected chi connectivity index (χ4v) is 1.83. The molecule has 0 bridgehead atoms. The maximum Gasteiger partial charge on any atom is 0.178 e. The normalized spacial score (nSPS) is 10.7. The Kier molecular flexibility index (Phi) is 5.74. The van der Waals surface area contributed by atoms with E-state index in [9.17, 15) is 4.79 Å². The van der Waals surface area contributed by atoms with Gasteiger partial charge >= 0.3 is 0 Å². The summed E-state index contributed by atoms with van der Waals surface area (Å²) >= 11 is 0. The van der Waals surface area contributed by atoms with E-state index in [4.69, 9.17) is 10.3 Å². The Morgan fingerprint density at radius 1 is 1.00 bits per heavy atom. The predicted molar refractivity (Wildman–Crippen MR) is 91.3 cm³/mol. The van der Waals surface area contributed by atoms with Crippen molar-refractivity contribution in [3.05, 3.63) is 82.3 Å². The molecular weight excluding hydrogens is 290 g/mol. The zero-order chi connectivity index (χ0) is 16.5. The van der Waals surface area contributed by atoms with Crippen LogP contribution in [-0.4, -0.2) is 12.9 Å². The van der Waals surface area contributed by atoms with Gasteiger partial charge in [-0.25, -0.2) is 0 Å². The number of hydrogen-bond acceptors (Lipinski definition) is 3. The van der Waals surface area contributed by atoms with E-state index in [1.165, 1.54) is 12.2 Å². The Balaban J connectivity index is 1.97. The summed E-state index contributed by atoms with van der Waals surface area (Å²) in [5.41, 5.74) is 10.6. The Morgan fingerprint density at radius 3 is 2.00 bits per heavy atom. The van der Waals surface area contributed by atoms with Crippen LogP contribution in [0.1, 0.15) is 11.1 Å². The van der Waals surface area contributed by atoms with Gasteiger partial charge in [0.2, 0.25) is 0 Å². The lowest BCUT2D eigenvalue weighted by molar-refractivity contribution is -0.110. The van der Waals surface area contributed by atoms with E-state index in [0.717, 1.165) is 16.9 Å². The molecule has 0 aromatic heterocycles. The molecule has 0 N–H and O–H groups in total. The van der Waals surface area contributed by atoms with Crippen molar-refractivity contribution in [2.24, 2.45) is 5.11 Å². The molecule has 0 aliphatic rings. The number of nitrogens with zero attached hydrogens (tertiary/aromatic N) is 3. The summed E-state index contributed by atoms with van der Waals surface area (Å²) in [5.74, 6) is 0.664. The minimum Gasteiger partial charge on any atom is -0.497 e. The number of hydrogen-bond donors (Lipinski definition) is 0. The fourth-order valence-electron chi connectivity index (χ4n) is 1.83. The van der Waals surface area contributed by atoms with E-state index < -0.39 is 0 Å². The highest BCUT2D eigenvalue weighted by Gasteiger charge is 1.94. The standard InChI is InChI=1S/C18H15N3O2/c1-23-18-12-6-15(7-13-18)5-11-17(22)10-4-14-2-8-16(9-3-14)20-21-19/h2-13H,1H3/b10-4+,11-5+. The van der Waals surface area contributed by atoms with Gasteiger partial charge in [0, 0.05) is 10.6 Å². The average molecular weight is 305 g/mol. The van der Waals surface area contributed by atoms with Crippen molar-refractivity contribution in [3.63, 3.8) is 0 Å². The van der Waals surface area contributed by atoms with Crippen molar-refractivity contribution in [3.8, 4) is 5.75 Å². The number of carbonyl (C=O) groups is 1. The smallest absolute Gasteiger partial charge is 0.178 e. The van der Waals surface area contributed by atoms with Gasteiger partial charge in [0.25, 0.3) is 0 Å². The molecule has 2 aromatic rings. The molecule has 2 rings (SSSR count). The third-order valence-corrected chi connectivity index (χ3v) is 3.05. The molecule has 0 heterocycles. The zero-order valence-corrected chi connectivity index (χ0v) is 12.6. The Hall–Kier alpha value is -3.30. The molecule has 0 radical (unpaired) electrons. The van der Waals surface area contributed by atoms with Gasteiger partial charge < -0.3 is 4.74 Å². The molecule has 0 aliphatic carbocycles. The molecule has 23 heavy (non-hydrogen) atoms. The summed E-state index contributed by atoms with van der Waals surface area (Å²) in [7, 11) is 1.61. The lowest BCUT2D eigenvalue weighted by Crippen LogP contribution is -1.85. The molecule has 0 saturated carbocycles. The Morgan fingerprint density at radius 2 is 1.52 bits per heavy atom. The van der Waals surface area contributed by atoms with Gasteiger partial charge in [-0.15, -0.1) is 0 Å². The molecule has 5 heteroatoms. The van der Waals surface area contributed by atoms with Crippen molar-refractivity contribution in [2.45, 2.75) is 0 Å². The van der Waals surface area contributed by atoms with E-state index in [2.05, 4.69) is 10.0 Å². The van der Waals surface area contributed by atoms with E-state index in [1.807, 2.05) is 24.3 Å². The van der Waals surface area contributed by atoms with Gasteiger partial charge in [0.05, 0.1) is 7.11 Å². The number of carbonyl (C=O) groups excluding carboxylic acids is 1. The second-order valence-corrected chi connectivity index (χ2v) is 4.62. The summed E-state index contributed by atoms with van der Waals surface area (Å²) < 4.78 is 5.08. The van der Waals surface area contributed by atoms with Crippen LogP contribution in [0.2, 0.25) is 0 Å². The van der Waals surface area contributed by atoms with Gasteiger partial charge in [-0.1, -0.05) is 53.7 Å². The van der Waals surface area contributed by atoms with Gasteiger partial charge in [0.15, 0.2) is 5.78 Å². The largest absolute Gasteiger partial charge is 0.497 e. The molecule has 0 amide bonds. The van der Waals surface area contributed by atoms with Crippen molar-refractivity contribution < 1.29 is 9.53 Å². The number of ether oxygens (including phenoxy) is 1. The first kappa shape index (κ1) is 16.1. The molecule has 114 valence electrons. The van der Waals surface area contributed by atoms with Gasteiger partial charge in [-0.05, 0) is 40.9 Å². The van der Waals surface area contributed by atoms with E-state index >= 15 is 0 Å². The third-order valence-electron chi connectivity index (χ3n) is 3.05. The van der Waals surface area contributed by atoms with Crippen LogP contribution >= 0.6 is 0 Å². The highest BCUT2D eigenvalue weighted by Crippen LogP contribution is 2.14. The summed E-state index contributed by atoms with van der Waals surface area (Å²) in [6, 6.07) is 14.4. The van der Waals surface area contributed by atoms with E-state index in [0.29, 0.717) is 5.69 Å². The first-order valence-corrected chi connectivity index (χ1v) is 6.90. The van der Waals surface area contributed by atoms with Crippen LogP contribution in [-0.2, 0) is 4.79 Å². The number of rotatable bonds is 6. The average Bonchev–Trinajstić information content (AvgIpc) is 2.60. The maximum absolute atomic E-state index is 11.8. The first-order chi connectivity index (χ1) is 11.2. The van der Waals surface area contributed by atoms with Crippen LogP contribution in [0.3, 0.4) is 0 Å². The van der Waals surface area contributed by atoms with Crippen LogP contribution in [0, 0.1) is 0 Å². The number of benzene rings is 2. The van der Waals surface area contributed by atoms with Crippen molar-refractivity contribution in [1.82, 2.24) is 0 Å². The minimum absolute atomic E-state index is 0.111. The van der Waals surface area contributed by atoms with E-state index in [-0.39, 0.29) is 5.78 Å². The molecule has 0 atom stereocenters. The maximum atomic E-state index is 11.8. The predicted octanol–water partition coefficient (Wildman–Crippen LogP) is 4.93. The Labute approximate surface area is 134 Å². The van der Waals surface area contributed by atoms with Gasteiger partial charge in [-0.3, -0.25) is 4.79 Å². The van der Waals surface area contributed by atoms with Crippen molar-refractivity contribution in [1.29, 1.82) is 0 Å². The number of azide groups is 1. The van der Waals surface area contributed by atoms with E-state index in [1.54, 1.807) is 43.5 Å². The molecule has 0 aliphatic heterocycles. The van der Waals surface area contributed by atoms with Crippen LogP contribution in [0.15, 0.2) is 65.8 Å². The van der Waals surface area contributed by atoms with Crippen LogP contribution < -0.4 is 4.74 Å². The Bertz CT molecular complexity index is 769. The fraction of sp³-hybridized carbons (Fsp3) is 0.0556. The molecule has 0 fully saturated rings. The second-order valence-electron chi connectivity index (χ2n) is 4.62. The molecule has 0 spiro atoms. The topological polar surface area (TPSA) is 75.1 Å². The lowest BCUT2D eigenvalue weighted by atomic mass is 10.1. The first-order valence-electron chi connectivity index (χ1n) is 6.90. The second kappa shape index (κ2) is 8.22. The van der Waals surface area contributed by atoms with Gasteiger partial charge in [0.1, 0.15) is 5.75 Å². The molecule has 5 nitrogen and oxygen atoms in total. The number of allylic oxidation sites excluding steroid dienone is 2. The van der Waals surface area contributed by atoms with Gasteiger partial charge in [-0.2, -0.15) is 0 Å². The van der Waals surface area contributed by atoms with Crippen molar-refractivity contribution >= 4 is 23.6 Å². The molecule has 2 aromatic carbocycles. The lowest BCUT2D eigenvalue weighted by Gasteiger charge is -1.98. The number of ketones is 1. The highest BCUT2D eigenvalue weighted by atomic mass is 16.5. The highest BCUT2D eigenvalue weighted by molar-refractivity contribution is 6.04. The monoisotopic (exact) mass is 305 g/mol. The molecular formula is C18H15N3O2. The number of methoxy groups -OCH3 is 1. The summed E-state index contributed by atoms with van der Waals surface area (Å²) in [4.78, 5) is 14.5. The van der Waals surface area contributed by atoms with Crippen molar-refractivity contribution in [2.75, 3.05) is 7.11 Å². The summed E-state index contributed by atoms with van der Waals surface area (Å²) in [5, 5.41) is 3.49. The molecule has 0 unspecified atom stereocenters. The minimum atomic E-state index is -0.111. The summed E-state index contributed by atoms with van der Waals surface area (Å²) in [6.07, 6.45) is 6.45. The van der Waals surface area contributed by atoms with Crippen LogP contribution in [0.25, 0.3) is 22.6 Å². The quantitative estimate of drug-likeness (QED) is 0.328. The van der Waals surface area contributed by atoms with Crippen LogP contribution in [0.5, 0.6) is 5.75 Å². The third kappa shape index (κ3) is 5.19. The molecule has 0 saturated heterocycles. The summed E-state index contributed by atoms with van der Waals surface area (Å²) in [6.45, 7) is 0. The van der Waals surface area contributed by atoms with Crippen LogP contribution in [0.4, 0.5) is 5.69 Å². The zero-order valence-electron chi connectivity index (χ0n) is 12.6.